The van der Waals surface area contributed by atoms with Crippen LogP contribution in [0.25, 0.3) is 0 Å². The first-order chi connectivity index (χ1) is 6.95. The molecular formula is C8H14N6O. The molecule has 0 spiro atoms. The molecule has 6 N–H and O–H groups in total. The van der Waals surface area contributed by atoms with Crippen molar-refractivity contribution in [3.8, 4) is 0 Å². The van der Waals surface area contributed by atoms with Crippen LogP contribution in [0, 0.1) is 0 Å². The van der Waals surface area contributed by atoms with Crippen molar-refractivity contribution in [1.82, 2.24) is 9.97 Å². The van der Waals surface area contributed by atoms with Gasteiger partial charge in [0.2, 0.25) is 5.91 Å². The van der Waals surface area contributed by atoms with Gasteiger partial charge in [0.1, 0.15) is 23.5 Å². The van der Waals surface area contributed by atoms with Gasteiger partial charge in [0.05, 0.1) is 0 Å². The minimum atomic E-state index is -0.875. The van der Waals surface area contributed by atoms with Gasteiger partial charge in [-0.05, 0) is 13.8 Å². The van der Waals surface area contributed by atoms with Gasteiger partial charge in [-0.15, -0.1) is 0 Å². The Morgan fingerprint density at radius 2 is 2.00 bits per heavy atom. The second-order valence-corrected chi connectivity index (χ2v) is 3.55. The summed E-state index contributed by atoms with van der Waals surface area (Å²) in [5.41, 5.74) is 6.70. The number of primary amides is 1. The summed E-state index contributed by atoms with van der Waals surface area (Å²) < 4.78 is 0. The fourth-order valence-corrected chi connectivity index (χ4v) is 0.886. The van der Waals surface area contributed by atoms with Gasteiger partial charge < -0.3 is 16.5 Å². The Kier molecular flexibility index (Phi) is 3.05. The van der Waals surface area contributed by atoms with Gasteiger partial charge in [-0.2, -0.15) is 0 Å². The van der Waals surface area contributed by atoms with Crippen molar-refractivity contribution in [2.24, 2.45) is 11.6 Å². The van der Waals surface area contributed by atoms with E-state index in [9.17, 15) is 4.79 Å². The molecule has 0 atom stereocenters. The molecule has 0 saturated heterocycles. The SMILES string of the molecule is CC(C)(Nc1cc(NN)ncn1)C(N)=O. The van der Waals surface area contributed by atoms with Crippen LogP contribution in [-0.2, 0) is 4.79 Å². The van der Waals surface area contributed by atoms with Crippen molar-refractivity contribution < 1.29 is 4.79 Å². The predicted molar refractivity (Wildman–Crippen MR) is 56.7 cm³/mol. The smallest absolute Gasteiger partial charge is 0.242 e. The van der Waals surface area contributed by atoms with Gasteiger partial charge in [-0.3, -0.25) is 4.79 Å². The second kappa shape index (κ2) is 4.09. The Morgan fingerprint density at radius 1 is 1.40 bits per heavy atom. The zero-order valence-electron chi connectivity index (χ0n) is 8.61. The van der Waals surface area contributed by atoms with Crippen molar-refractivity contribution in [2.75, 3.05) is 10.7 Å². The van der Waals surface area contributed by atoms with Crippen LogP contribution in [0.15, 0.2) is 12.4 Å². The minimum Gasteiger partial charge on any atom is -0.368 e. The van der Waals surface area contributed by atoms with Gasteiger partial charge in [0, 0.05) is 6.07 Å². The maximum absolute atomic E-state index is 11.1. The van der Waals surface area contributed by atoms with Crippen LogP contribution in [0.5, 0.6) is 0 Å². The molecule has 0 fully saturated rings. The van der Waals surface area contributed by atoms with E-state index in [1.165, 1.54) is 6.33 Å². The molecule has 1 aromatic rings. The number of nitrogens with zero attached hydrogens (tertiary/aromatic N) is 2. The molecule has 0 aliphatic rings. The Hall–Kier alpha value is -1.89. The highest BCUT2D eigenvalue weighted by Crippen LogP contribution is 2.13. The number of amides is 1. The third-order valence-corrected chi connectivity index (χ3v) is 1.87. The van der Waals surface area contributed by atoms with Gasteiger partial charge in [0.25, 0.3) is 0 Å². The predicted octanol–water partition coefficient (Wildman–Crippen LogP) is -0.562. The molecule has 0 aromatic carbocycles. The van der Waals surface area contributed by atoms with Crippen LogP contribution in [-0.4, -0.2) is 21.4 Å². The molecule has 1 aromatic heterocycles. The molecule has 0 bridgehead atoms. The molecule has 7 heteroatoms. The maximum atomic E-state index is 11.1. The number of nitrogen functional groups attached to an aromatic ring is 1. The summed E-state index contributed by atoms with van der Waals surface area (Å²) in [5, 5.41) is 2.87. The number of hydrogen-bond donors (Lipinski definition) is 4. The summed E-state index contributed by atoms with van der Waals surface area (Å²) in [7, 11) is 0. The molecule has 0 saturated carbocycles. The van der Waals surface area contributed by atoms with Gasteiger partial charge >= 0.3 is 0 Å². The first kappa shape index (κ1) is 11.2. The van der Waals surface area contributed by atoms with Crippen molar-refractivity contribution in [3.05, 3.63) is 12.4 Å². The molecule has 1 rings (SSSR count). The third kappa shape index (κ3) is 2.78. The third-order valence-electron chi connectivity index (χ3n) is 1.87. The van der Waals surface area contributed by atoms with Crippen LogP contribution >= 0.6 is 0 Å². The number of hydrogen-bond acceptors (Lipinski definition) is 6. The normalized spacial score (nSPS) is 10.9. The average Bonchev–Trinajstić information content (AvgIpc) is 2.17. The fraction of sp³-hybridized carbons (Fsp3) is 0.375. The van der Waals surface area contributed by atoms with Crippen LogP contribution in [0.4, 0.5) is 11.6 Å². The van der Waals surface area contributed by atoms with Crippen LogP contribution in [0.2, 0.25) is 0 Å². The van der Waals surface area contributed by atoms with Crippen molar-refractivity contribution in [3.63, 3.8) is 0 Å². The lowest BCUT2D eigenvalue weighted by molar-refractivity contribution is -0.121. The maximum Gasteiger partial charge on any atom is 0.242 e. The zero-order valence-corrected chi connectivity index (χ0v) is 8.61. The monoisotopic (exact) mass is 210 g/mol. The highest BCUT2D eigenvalue weighted by molar-refractivity contribution is 5.86. The summed E-state index contributed by atoms with van der Waals surface area (Å²) >= 11 is 0. The molecule has 1 heterocycles. The molecule has 7 nitrogen and oxygen atoms in total. The molecular weight excluding hydrogens is 196 g/mol. The standard InChI is InChI=1S/C8H14N6O/c1-8(2,7(9)15)13-5-3-6(14-10)12-4-11-5/h3-4H,10H2,1-2H3,(H2,9,15)(H2,11,12,13,14). The number of hydrazine groups is 1. The highest BCUT2D eigenvalue weighted by atomic mass is 16.1. The lowest BCUT2D eigenvalue weighted by atomic mass is 10.1. The molecule has 1 amide bonds. The van der Waals surface area contributed by atoms with Gasteiger partial charge in [-0.1, -0.05) is 0 Å². The second-order valence-electron chi connectivity index (χ2n) is 3.55. The topological polar surface area (TPSA) is 119 Å². The molecule has 0 aliphatic carbocycles. The number of nitrogens with one attached hydrogen (secondary N) is 2. The summed E-state index contributed by atoms with van der Waals surface area (Å²) in [4.78, 5) is 18.8. The van der Waals surface area contributed by atoms with E-state index < -0.39 is 11.4 Å². The van der Waals surface area contributed by atoms with Crippen LogP contribution < -0.4 is 22.3 Å². The van der Waals surface area contributed by atoms with Crippen LogP contribution in [0.3, 0.4) is 0 Å². The van der Waals surface area contributed by atoms with E-state index in [-0.39, 0.29) is 0 Å². The Labute approximate surface area is 87.2 Å². The quantitative estimate of drug-likeness (QED) is 0.390. The highest BCUT2D eigenvalue weighted by Gasteiger charge is 2.24. The molecule has 82 valence electrons. The first-order valence-electron chi connectivity index (χ1n) is 4.32. The zero-order chi connectivity index (χ0) is 11.5. The average molecular weight is 210 g/mol. The number of anilines is 2. The summed E-state index contributed by atoms with van der Waals surface area (Å²) in [6.07, 6.45) is 1.33. The van der Waals surface area contributed by atoms with Gasteiger partial charge in [0.15, 0.2) is 0 Å². The molecule has 0 radical (unpaired) electrons. The Balaban J connectivity index is 2.85. The molecule has 15 heavy (non-hydrogen) atoms. The van der Waals surface area contributed by atoms with E-state index in [1.807, 2.05) is 0 Å². The summed E-state index contributed by atoms with van der Waals surface area (Å²) in [6, 6.07) is 1.57. The molecule has 0 unspecified atom stereocenters. The summed E-state index contributed by atoms with van der Waals surface area (Å²) in [5.74, 6) is 5.64. The Morgan fingerprint density at radius 3 is 2.53 bits per heavy atom. The number of nitrogens with two attached hydrogens (primary N) is 2. The van der Waals surface area contributed by atoms with Crippen molar-refractivity contribution in [2.45, 2.75) is 19.4 Å². The van der Waals surface area contributed by atoms with Crippen molar-refractivity contribution >= 4 is 17.5 Å². The van der Waals surface area contributed by atoms with E-state index in [0.717, 1.165) is 0 Å². The largest absolute Gasteiger partial charge is 0.368 e. The first-order valence-corrected chi connectivity index (χ1v) is 4.32. The van der Waals surface area contributed by atoms with E-state index in [2.05, 4.69) is 20.7 Å². The Bertz CT molecular complexity index is 364. The van der Waals surface area contributed by atoms with E-state index in [4.69, 9.17) is 11.6 Å². The van der Waals surface area contributed by atoms with E-state index in [1.54, 1.807) is 19.9 Å². The number of rotatable bonds is 4. The summed E-state index contributed by atoms with van der Waals surface area (Å²) in [6.45, 7) is 3.32. The number of carbonyl (C=O) groups is 1. The van der Waals surface area contributed by atoms with E-state index >= 15 is 0 Å². The number of aromatic nitrogens is 2. The lowest BCUT2D eigenvalue weighted by Crippen LogP contribution is -2.45. The van der Waals surface area contributed by atoms with Crippen LogP contribution in [0.1, 0.15) is 13.8 Å². The minimum absolute atomic E-state index is 0.452. The van der Waals surface area contributed by atoms with Gasteiger partial charge in [-0.25, -0.2) is 15.8 Å². The molecule has 0 aliphatic heterocycles. The lowest BCUT2D eigenvalue weighted by Gasteiger charge is -2.22. The number of carbonyl (C=O) groups excluding carboxylic acids is 1. The van der Waals surface area contributed by atoms with Crippen molar-refractivity contribution in [1.29, 1.82) is 0 Å². The fourth-order valence-electron chi connectivity index (χ4n) is 0.886. The van der Waals surface area contributed by atoms with E-state index in [0.29, 0.717) is 11.6 Å².